The lowest BCUT2D eigenvalue weighted by atomic mass is 10.0. The van der Waals surface area contributed by atoms with E-state index in [1.807, 2.05) is 0 Å². The molecule has 0 unspecified atom stereocenters. The van der Waals surface area contributed by atoms with Gasteiger partial charge in [0.2, 0.25) is 13.6 Å². The van der Waals surface area contributed by atoms with E-state index in [0.717, 1.165) is 7.11 Å². The van der Waals surface area contributed by atoms with E-state index >= 15 is 0 Å². The fraction of sp³-hybridized carbons (Fsp3) is 0.900. The first-order valence-electron chi connectivity index (χ1n) is 11.2. The van der Waals surface area contributed by atoms with Crippen LogP contribution in [0.4, 0.5) is 14.0 Å². The second-order valence-electron chi connectivity index (χ2n) is 6.99. The van der Waals surface area contributed by atoms with E-state index < -0.39 is 58.7 Å². The molecule has 226 valence electrons. The van der Waals surface area contributed by atoms with Crippen LogP contribution in [0, 0.1) is 0 Å². The minimum Gasteiger partial charge on any atom is -0.432 e. The maximum atomic E-state index is 13.5. The summed E-state index contributed by atoms with van der Waals surface area (Å²) in [4.78, 5) is 23.2. The van der Waals surface area contributed by atoms with Crippen LogP contribution in [0.5, 0.6) is 0 Å². The van der Waals surface area contributed by atoms with Crippen LogP contribution >= 0.6 is 7.82 Å². The summed E-state index contributed by atoms with van der Waals surface area (Å²) in [6, 6.07) is 0. The Morgan fingerprint density at radius 3 is 1.58 bits per heavy atom. The Kier molecular flexibility index (Phi) is 21.2. The Bertz CT molecular complexity index is 625. The van der Waals surface area contributed by atoms with Gasteiger partial charge in [0.1, 0.15) is 25.5 Å². The van der Waals surface area contributed by atoms with Crippen molar-refractivity contribution in [1.29, 1.82) is 0 Å². The molecule has 0 aromatic carbocycles. The summed E-state index contributed by atoms with van der Waals surface area (Å²) < 4.78 is 84.6. The largest absolute Gasteiger partial charge is 0.510 e. The number of rotatable bonds is 24. The molecule has 0 saturated heterocycles. The molecule has 0 heterocycles. The molecule has 0 aliphatic carbocycles. The molecule has 0 aliphatic heterocycles. The first-order valence-corrected chi connectivity index (χ1v) is 12.7. The lowest BCUT2D eigenvalue weighted by Gasteiger charge is -2.32. The summed E-state index contributed by atoms with van der Waals surface area (Å²) >= 11 is 0. The smallest absolute Gasteiger partial charge is 0.432 e. The number of halogens is 1. The zero-order chi connectivity index (χ0) is 28.7. The molecule has 0 rings (SSSR count). The number of carbonyl (C=O) groups is 2. The van der Waals surface area contributed by atoms with Crippen molar-refractivity contribution in [3.63, 3.8) is 0 Å². The second kappa shape index (κ2) is 22.2. The van der Waals surface area contributed by atoms with Crippen LogP contribution < -0.4 is 0 Å². The minimum absolute atomic E-state index is 0.0679. The van der Waals surface area contributed by atoms with Crippen molar-refractivity contribution < 1.29 is 79.9 Å². The average Bonchev–Trinajstić information content (AvgIpc) is 2.89. The number of hydrogen-bond acceptors (Lipinski definition) is 16. The molecule has 38 heavy (non-hydrogen) atoms. The van der Waals surface area contributed by atoms with Crippen molar-refractivity contribution >= 4 is 20.1 Å². The second-order valence-corrected chi connectivity index (χ2v) is 8.66. The van der Waals surface area contributed by atoms with Crippen molar-refractivity contribution in [2.75, 3.05) is 101 Å². The van der Waals surface area contributed by atoms with Crippen LogP contribution in [0.1, 0.15) is 6.92 Å². The minimum atomic E-state index is -4.68. The van der Waals surface area contributed by atoms with Gasteiger partial charge in [0.25, 0.3) is 0 Å². The third-order valence-electron chi connectivity index (χ3n) is 4.40. The summed E-state index contributed by atoms with van der Waals surface area (Å²) in [6.07, 6.45) is -3.79. The average molecular weight is 584 g/mol. The lowest BCUT2D eigenvalue weighted by Crippen LogP contribution is -2.48. The van der Waals surface area contributed by atoms with Crippen molar-refractivity contribution in [2.45, 2.75) is 18.6 Å². The number of phosphoric ester groups is 1. The maximum absolute atomic E-state index is 13.5. The van der Waals surface area contributed by atoms with Gasteiger partial charge in [0, 0.05) is 21.3 Å². The van der Waals surface area contributed by atoms with Gasteiger partial charge in [0.15, 0.2) is 0 Å². The Labute approximate surface area is 220 Å². The molecule has 0 aromatic heterocycles. The van der Waals surface area contributed by atoms with E-state index in [0.29, 0.717) is 26.4 Å². The zero-order valence-corrected chi connectivity index (χ0v) is 22.9. The molecular weight excluding hydrogens is 546 g/mol. The first kappa shape index (κ1) is 36.3. The van der Waals surface area contributed by atoms with Crippen molar-refractivity contribution in [3.8, 4) is 0 Å². The van der Waals surface area contributed by atoms with Crippen LogP contribution in [0.25, 0.3) is 0 Å². The van der Waals surface area contributed by atoms with Gasteiger partial charge in [-0.15, -0.1) is 0 Å². The van der Waals surface area contributed by atoms with E-state index in [1.54, 1.807) is 0 Å². The summed E-state index contributed by atoms with van der Waals surface area (Å²) in [6.45, 7) is -1.67. The number of aliphatic hydroxyl groups is 1. The highest BCUT2D eigenvalue weighted by atomic mass is 31.2. The van der Waals surface area contributed by atoms with Gasteiger partial charge < -0.3 is 47.7 Å². The monoisotopic (exact) mass is 584 g/mol. The SMILES string of the molecule is COCCOCCOC(=O)OCOP(=O)(OCOC(=O)OCCOCCOC)OC[C@@](CF)(OC)[C@H](C)O. The number of aliphatic hydroxyl groups excluding tert-OH is 1. The van der Waals surface area contributed by atoms with Gasteiger partial charge in [-0.2, -0.15) is 0 Å². The number of alkyl halides is 1. The van der Waals surface area contributed by atoms with Crippen LogP contribution in [0.2, 0.25) is 0 Å². The normalized spacial score (nSPS) is 13.9. The Morgan fingerprint density at radius 1 is 0.763 bits per heavy atom. The van der Waals surface area contributed by atoms with Crippen LogP contribution in [0.15, 0.2) is 0 Å². The fourth-order valence-electron chi connectivity index (χ4n) is 2.07. The van der Waals surface area contributed by atoms with Gasteiger partial charge >= 0.3 is 20.1 Å². The fourth-order valence-corrected chi connectivity index (χ4v) is 3.04. The van der Waals surface area contributed by atoms with Gasteiger partial charge in [-0.3, -0.25) is 4.52 Å². The zero-order valence-electron chi connectivity index (χ0n) is 22.0. The summed E-state index contributed by atoms with van der Waals surface area (Å²) in [5.41, 5.74) is -1.92. The molecule has 1 N–H and O–H groups in total. The van der Waals surface area contributed by atoms with Crippen molar-refractivity contribution in [3.05, 3.63) is 0 Å². The van der Waals surface area contributed by atoms with Gasteiger partial charge in [-0.25, -0.2) is 27.6 Å². The number of methoxy groups -OCH3 is 3. The number of phosphoric acid groups is 1. The molecule has 0 radical (unpaired) electrons. The van der Waals surface area contributed by atoms with Gasteiger partial charge in [-0.1, -0.05) is 0 Å². The predicted molar refractivity (Wildman–Crippen MR) is 123 cm³/mol. The predicted octanol–water partition coefficient (Wildman–Crippen LogP) is 1.43. The quantitative estimate of drug-likeness (QED) is 0.0743. The Morgan fingerprint density at radius 2 is 1.21 bits per heavy atom. The highest BCUT2D eigenvalue weighted by Gasteiger charge is 2.41. The summed E-state index contributed by atoms with van der Waals surface area (Å²) in [5.74, 6) is 0. The molecular formula is C20H38FO16P. The molecule has 0 aliphatic rings. The Hall–Kier alpha value is -1.66. The molecule has 18 heteroatoms. The number of ether oxygens (including phenoxy) is 9. The van der Waals surface area contributed by atoms with Crippen LogP contribution in [-0.2, 0) is 60.8 Å². The molecule has 0 bridgehead atoms. The van der Waals surface area contributed by atoms with Crippen LogP contribution in [-0.4, -0.2) is 130 Å². The van der Waals surface area contributed by atoms with Crippen LogP contribution in [0.3, 0.4) is 0 Å². The molecule has 2 atom stereocenters. The van der Waals surface area contributed by atoms with Crippen molar-refractivity contribution in [1.82, 2.24) is 0 Å². The number of carbonyl (C=O) groups excluding carboxylic acids is 2. The highest BCUT2D eigenvalue weighted by Crippen LogP contribution is 2.50. The third kappa shape index (κ3) is 17.0. The Balaban J connectivity index is 4.74. The van der Waals surface area contributed by atoms with E-state index in [1.165, 1.54) is 21.1 Å². The first-order chi connectivity index (χ1) is 18.2. The molecule has 0 spiro atoms. The summed E-state index contributed by atoms with van der Waals surface area (Å²) in [5, 5.41) is 9.84. The third-order valence-corrected chi connectivity index (χ3v) is 5.68. The lowest BCUT2D eigenvalue weighted by molar-refractivity contribution is -0.135. The topological polar surface area (TPSA) is 182 Å². The maximum Gasteiger partial charge on any atom is 0.510 e. The highest BCUT2D eigenvalue weighted by molar-refractivity contribution is 7.48. The molecule has 16 nitrogen and oxygen atoms in total. The van der Waals surface area contributed by atoms with E-state index in [9.17, 15) is 23.7 Å². The van der Waals surface area contributed by atoms with E-state index in [4.69, 9.17) is 46.7 Å². The van der Waals surface area contributed by atoms with E-state index in [-0.39, 0.29) is 26.4 Å². The van der Waals surface area contributed by atoms with Crippen molar-refractivity contribution in [2.24, 2.45) is 0 Å². The molecule has 0 saturated carbocycles. The van der Waals surface area contributed by atoms with Gasteiger partial charge in [0.05, 0.1) is 52.4 Å². The number of hydrogen-bond donors (Lipinski definition) is 1. The molecule has 0 amide bonds. The van der Waals surface area contributed by atoms with E-state index in [2.05, 4.69) is 9.47 Å². The molecule has 0 fully saturated rings. The molecule has 0 aromatic rings. The van der Waals surface area contributed by atoms with Gasteiger partial charge in [-0.05, 0) is 6.92 Å². The standard InChI is InChI=1S/C20H38FO16P/c1-17(22)20(13-21,28-4)14-35-38(25,36-15-33-18(23)31-11-9-29-7-5-26-2)37-16-34-19(24)32-12-10-30-8-6-27-3/h17,22H,5-16H2,1-4H3/t17-,20+/m0/s1. The summed E-state index contributed by atoms with van der Waals surface area (Å²) in [7, 11) is -0.586.